The molecule has 8 aromatic rings. The highest BCUT2D eigenvalue weighted by Gasteiger charge is 2.38. The second kappa shape index (κ2) is 23.5. The van der Waals surface area contributed by atoms with Crippen molar-refractivity contribution in [3.63, 3.8) is 0 Å². The number of aromatic nitrogens is 4. The SMILES string of the molecule is CB(O)NCc1cccc(-n2nc(C(F)(F)F)cc2C(=O)Nc2ccc(-c3ccccc3S(C)(=O)=O)cc2F)c1.CS(=O)(=O)c1ccccc1-c1ccc(NC(=O)c2cc(C(F)(F)F)nn2-c2cccc(CNCl)c2)c(F)c1. The number of halogens is 9. The van der Waals surface area contributed by atoms with Crippen LogP contribution >= 0.6 is 11.8 Å². The Kier molecular flexibility index (Phi) is 17.4. The molecule has 0 saturated heterocycles. The molecule has 0 aliphatic heterocycles. The molecule has 0 saturated carbocycles. The van der Waals surface area contributed by atoms with E-state index in [2.05, 4.69) is 30.9 Å². The molecule has 27 heteroatoms. The van der Waals surface area contributed by atoms with Gasteiger partial charge in [0.25, 0.3) is 11.8 Å². The third kappa shape index (κ3) is 14.0. The van der Waals surface area contributed by atoms with Crippen molar-refractivity contribution in [3.8, 4) is 33.6 Å². The summed E-state index contributed by atoms with van der Waals surface area (Å²) in [6.45, 7) is 1.90. The predicted octanol–water partition coefficient (Wildman–Crippen LogP) is 10.1. The number of rotatable bonds is 15. The third-order valence-electron chi connectivity index (χ3n) is 11.3. The van der Waals surface area contributed by atoms with Crippen LogP contribution in [0.1, 0.15) is 43.5 Å². The summed E-state index contributed by atoms with van der Waals surface area (Å²) >= 11 is 5.52. The quantitative estimate of drug-likeness (QED) is 0.0371. The monoisotopic (exact) mass is 1140 g/mol. The molecule has 0 radical (unpaired) electrons. The molecule has 0 bridgehead atoms. The molecule has 0 aliphatic rings. The molecule has 0 spiro atoms. The van der Waals surface area contributed by atoms with E-state index in [0.29, 0.717) is 23.3 Å². The summed E-state index contributed by atoms with van der Waals surface area (Å²) < 4.78 is 161. The zero-order valence-corrected chi connectivity index (χ0v) is 43.1. The van der Waals surface area contributed by atoms with E-state index in [1.165, 1.54) is 91.8 Å². The van der Waals surface area contributed by atoms with Crippen molar-refractivity contribution < 1.29 is 66.6 Å². The van der Waals surface area contributed by atoms with E-state index < -0.39 is 85.3 Å². The number of nitrogens with zero attached hydrogens (tertiary/aromatic N) is 4. The Morgan fingerprint density at radius 2 is 0.974 bits per heavy atom. The Bertz CT molecular complexity index is 3780. The molecule has 2 heterocycles. The lowest BCUT2D eigenvalue weighted by Gasteiger charge is -2.12. The number of carbonyl (C=O) groups is 2. The number of sulfone groups is 2. The zero-order chi connectivity index (χ0) is 56.9. The lowest BCUT2D eigenvalue weighted by Crippen LogP contribution is -2.29. The van der Waals surface area contributed by atoms with Crippen molar-refractivity contribution in [1.29, 1.82) is 0 Å². The minimum atomic E-state index is -4.86. The highest BCUT2D eigenvalue weighted by Crippen LogP contribution is 2.35. The van der Waals surface area contributed by atoms with Crippen LogP contribution in [0.4, 0.5) is 46.5 Å². The normalized spacial score (nSPS) is 11.9. The van der Waals surface area contributed by atoms with Gasteiger partial charge in [-0.1, -0.05) is 72.8 Å². The van der Waals surface area contributed by atoms with E-state index in [4.69, 9.17) is 11.8 Å². The fraction of sp³-hybridized carbons (Fsp3) is 0.137. The van der Waals surface area contributed by atoms with Gasteiger partial charge in [0.2, 0.25) is 0 Å². The Balaban J connectivity index is 0.000000226. The van der Waals surface area contributed by atoms with Gasteiger partial charge < -0.3 is 20.9 Å². The van der Waals surface area contributed by atoms with Crippen LogP contribution in [0.2, 0.25) is 6.82 Å². The highest BCUT2D eigenvalue weighted by molar-refractivity contribution is 7.91. The molecule has 5 N–H and O–H groups in total. The number of anilines is 2. The Hall–Kier alpha value is -7.75. The van der Waals surface area contributed by atoms with Crippen LogP contribution in [0.5, 0.6) is 0 Å². The minimum Gasteiger partial charge on any atom is -0.437 e. The van der Waals surface area contributed by atoms with E-state index in [1.54, 1.807) is 36.4 Å². The van der Waals surface area contributed by atoms with Crippen molar-refractivity contribution in [2.24, 2.45) is 0 Å². The number of amides is 2. The summed E-state index contributed by atoms with van der Waals surface area (Å²) in [5.74, 6) is -3.95. The largest absolute Gasteiger partial charge is 0.437 e. The number of carbonyl (C=O) groups excluding carboxylic acids is 2. The molecule has 2 aromatic heterocycles. The summed E-state index contributed by atoms with van der Waals surface area (Å²) in [5, 5.41) is 23.9. The molecular formula is C51H42BClF8N8O7S2. The maximum absolute atomic E-state index is 15.1. The standard InChI is InChI=1S/C26H23BF4N4O4S.C25H19ClF4N4O3S/c1-27(37)32-15-16-6-5-7-18(12-16)35-22(14-24(34-35)26(29,30)31)25(36)33-21-11-10-17(13-20(21)28)19-8-3-4-9-23(19)40(2,38)39;1-38(36,37)22-8-3-2-7-18(22)16-9-10-20(19(27)12-16)32-24(35)21-13-23(25(28,29)30)33-34(21)17-6-4-5-15(11-17)14-31-26/h3-14,32,37H,15H2,1-2H3,(H,33,36);2-13,31H,14H2,1H3,(H,32,35). The molecule has 0 unspecified atom stereocenters. The first kappa shape index (κ1) is 57.9. The van der Waals surface area contributed by atoms with Crippen LogP contribution in [-0.2, 0) is 45.1 Å². The van der Waals surface area contributed by atoms with Gasteiger partial charge in [-0.25, -0.2) is 39.8 Å². The molecule has 8 rings (SSSR count). The van der Waals surface area contributed by atoms with Gasteiger partial charge in [0.1, 0.15) is 23.0 Å². The van der Waals surface area contributed by atoms with Crippen LogP contribution in [0, 0.1) is 11.6 Å². The van der Waals surface area contributed by atoms with E-state index in [1.807, 2.05) is 0 Å². The van der Waals surface area contributed by atoms with E-state index in [-0.39, 0.29) is 67.9 Å². The number of hydrogen-bond acceptors (Lipinski definition) is 11. The van der Waals surface area contributed by atoms with Crippen LogP contribution in [0.3, 0.4) is 0 Å². The molecule has 406 valence electrons. The van der Waals surface area contributed by atoms with Crippen LogP contribution in [-0.4, -0.2) is 72.8 Å². The first-order valence-corrected chi connectivity index (χ1v) is 26.9. The van der Waals surface area contributed by atoms with E-state index >= 15 is 8.78 Å². The molecule has 0 aliphatic carbocycles. The fourth-order valence-corrected chi connectivity index (χ4v) is 9.67. The van der Waals surface area contributed by atoms with Crippen LogP contribution in [0.25, 0.3) is 33.6 Å². The van der Waals surface area contributed by atoms with Gasteiger partial charge in [-0.15, -0.1) is 0 Å². The molecule has 15 nitrogen and oxygen atoms in total. The Labute approximate surface area is 446 Å². The van der Waals surface area contributed by atoms with Gasteiger partial charge in [-0.2, -0.15) is 36.5 Å². The van der Waals surface area contributed by atoms with Crippen molar-refractivity contribution in [3.05, 3.63) is 191 Å². The van der Waals surface area contributed by atoms with Gasteiger partial charge in [-0.3, -0.25) is 9.59 Å². The summed E-state index contributed by atoms with van der Waals surface area (Å²) in [6.07, 6.45) is -7.65. The third-order valence-corrected chi connectivity index (χ3v) is 13.7. The molecular weight excluding hydrogens is 1100 g/mol. The van der Waals surface area contributed by atoms with Gasteiger partial charge in [0.05, 0.1) is 32.5 Å². The highest BCUT2D eigenvalue weighted by atomic mass is 35.5. The predicted molar refractivity (Wildman–Crippen MR) is 276 cm³/mol. The zero-order valence-electron chi connectivity index (χ0n) is 40.8. The van der Waals surface area contributed by atoms with Crippen molar-refractivity contribution >= 4 is 61.7 Å². The maximum atomic E-state index is 15.1. The first-order chi connectivity index (χ1) is 36.6. The number of benzene rings is 6. The molecule has 0 atom stereocenters. The van der Waals surface area contributed by atoms with Gasteiger partial charge in [0.15, 0.2) is 31.1 Å². The minimum absolute atomic E-state index is 0.00800. The second-order valence-electron chi connectivity index (χ2n) is 17.2. The second-order valence-corrected chi connectivity index (χ2v) is 21.4. The smallest absolute Gasteiger partial charge is 0.435 e. The lowest BCUT2D eigenvalue weighted by molar-refractivity contribution is -0.142. The summed E-state index contributed by atoms with van der Waals surface area (Å²) in [6, 6.07) is 32.7. The van der Waals surface area contributed by atoms with Crippen LogP contribution < -0.4 is 20.7 Å². The van der Waals surface area contributed by atoms with Crippen molar-refractivity contribution in [1.82, 2.24) is 29.6 Å². The average molecular weight is 1140 g/mol. The van der Waals surface area contributed by atoms with E-state index in [9.17, 15) is 57.8 Å². The maximum Gasteiger partial charge on any atom is 0.435 e. The molecule has 0 fully saturated rings. The van der Waals surface area contributed by atoms with Gasteiger partial charge >= 0.3 is 19.4 Å². The molecule has 2 amide bonds. The summed E-state index contributed by atoms with van der Waals surface area (Å²) in [7, 11) is -8.06. The van der Waals surface area contributed by atoms with Gasteiger partial charge in [-0.05, 0) is 102 Å². The Morgan fingerprint density at radius 3 is 1.33 bits per heavy atom. The first-order valence-electron chi connectivity index (χ1n) is 22.7. The van der Waals surface area contributed by atoms with E-state index in [0.717, 1.165) is 34.0 Å². The number of hydrogen-bond donors (Lipinski definition) is 5. The van der Waals surface area contributed by atoms with Crippen LogP contribution in [0.15, 0.2) is 155 Å². The Morgan fingerprint density at radius 1 is 0.577 bits per heavy atom. The lowest BCUT2D eigenvalue weighted by atomic mass is 9.88. The number of nitrogens with one attached hydrogen (secondary N) is 4. The van der Waals surface area contributed by atoms with Crippen molar-refractivity contribution in [2.75, 3.05) is 23.1 Å². The summed E-state index contributed by atoms with van der Waals surface area (Å²) in [4.78, 5) is 28.5. The fourth-order valence-electron chi connectivity index (χ4n) is 7.69. The topological polar surface area (TPSA) is 206 Å². The average Bonchev–Trinajstić information content (AvgIpc) is 4.20. The van der Waals surface area contributed by atoms with Crippen molar-refractivity contribution in [2.45, 2.75) is 42.1 Å². The molecule has 78 heavy (non-hydrogen) atoms. The van der Waals surface area contributed by atoms with Gasteiger partial charge in [0, 0.05) is 48.9 Å². The summed E-state index contributed by atoms with van der Waals surface area (Å²) in [5.41, 5.74) is -1.80. The molecule has 6 aromatic carbocycles. The number of alkyl halides is 6.